The second kappa shape index (κ2) is 20.9. The van der Waals surface area contributed by atoms with Gasteiger partial charge in [-0.05, 0) is 75.0 Å². The van der Waals surface area contributed by atoms with Gasteiger partial charge in [-0.15, -0.1) is 11.8 Å². The number of amides is 4. The van der Waals surface area contributed by atoms with Crippen LogP contribution in [0.25, 0.3) is 0 Å². The number of rotatable bonds is 6. The lowest BCUT2D eigenvalue weighted by Gasteiger charge is -2.38. The number of aliphatic hydroxyl groups is 1. The zero-order valence-electron chi connectivity index (χ0n) is 36.4. The Bertz CT molecular complexity index is 1680. The quantitative estimate of drug-likeness (QED) is 0.382. The van der Waals surface area contributed by atoms with Gasteiger partial charge in [-0.2, -0.15) is 0 Å². The molecule has 13 nitrogen and oxygen atoms in total. The Morgan fingerprint density at radius 2 is 1.66 bits per heavy atom. The first-order valence-corrected chi connectivity index (χ1v) is 21.9. The number of methoxy groups -OCH3 is 1. The fourth-order valence-electron chi connectivity index (χ4n) is 8.03. The molecule has 3 aliphatic heterocycles. The third-order valence-electron chi connectivity index (χ3n) is 12.2. The molecular weight excluding hydrogens is 759 g/mol. The normalized spacial score (nSPS) is 31.8. The van der Waals surface area contributed by atoms with Crippen LogP contribution in [0.5, 0.6) is 5.75 Å². The first kappa shape index (κ1) is 46.8. The van der Waals surface area contributed by atoms with Gasteiger partial charge in [0.2, 0.25) is 23.6 Å². The maximum absolute atomic E-state index is 14.5. The van der Waals surface area contributed by atoms with E-state index in [0.29, 0.717) is 55.7 Å². The van der Waals surface area contributed by atoms with Crippen LogP contribution in [0.15, 0.2) is 40.9 Å². The maximum Gasteiger partial charge on any atom is 0.329 e. The molecule has 322 valence electrons. The zero-order chi connectivity index (χ0) is 43.0. The molecule has 2 bridgehead atoms. The highest BCUT2D eigenvalue weighted by Gasteiger charge is 2.44. The number of nitrogens with zero attached hydrogens (tertiary/aromatic N) is 4. The van der Waals surface area contributed by atoms with E-state index in [-0.39, 0.29) is 42.0 Å². The monoisotopic (exact) mass is 825 g/mol. The molecule has 10 atom stereocenters. The number of hydrogen-bond acceptors (Lipinski definition) is 10. The van der Waals surface area contributed by atoms with E-state index in [1.165, 1.54) is 16.8 Å². The average Bonchev–Trinajstić information content (AvgIpc) is 3.89. The lowest BCUT2D eigenvalue weighted by Crippen LogP contribution is -2.59. The van der Waals surface area contributed by atoms with Gasteiger partial charge >= 0.3 is 5.97 Å². The van der Waals surface area contributed by atoms with Crippen LogP contribution in [-0.4, -0.2) is 130 Å². The van der Waals surface area contributed by atoms with Crippen LogP contribution in [0.1, 0.15) is 93.1 Å². The molecule has 0 aromatic heterocycles. The van der Waals surface area contributed by atoms with E-state index in [2.05, 4.69) is 5.32 Å². The molecule has 14 heteroatoms. The molecule has 4 rings (SSSR count). The number of thioether (sulfide) groups is 1. The van der Waals surface area contributed by atoms with Crippen molar-refractivity contribution < 1.29 is 38.6 Å². The minimum atomic E-state index is -1.03. The van der Waals surface area contributed by atoms with Crippen molar-refractivity contribution in [1.82, 2.24) is 20.0 Å². The van der Waals surface area contributed by atoms with Crippen LogP contribution in [0.2, 0.25) is 0 Å². The van der Waals surface area contributed by atoms with Gasteiger partial charge < -0.3 is 34.6 Å². The van der Waals surface area contributed by atoms with Crippen LogP contribution >= 0.6 is 11.8 Å². The number of hydrogen-bond donors (Lipinski definition) is 2. The third kappa shape index (κ3) is 11.4. The fourth-order valence-corrected chi connectivity index (χ4v) is 9.17. The molecule has 0 spiro atoms. The predicted octanol–water partition coefficient (Wildman–Crippen LogP) is 4.89. The van der Waals surface area contributed by atoms with Gasteiger partial charge in [0.1, 0.15) is 36.0 Å². The van der Waals surface area contributed by atoms with E-state index >= 15 is 0 Å². The van der Waals surface area contributed by atoms with Crippen molar-refractivity contribution in [1.29, 1.82) is 0 Å². The lowest BCUT2D eigenvalue weighted by molar-refractivity contribution is -0.163. The summed E-state index contributed by atoms with van der Waals surface area (Å²) >= 11 is 1.56. The number of benzene rings is 1. The van der Waals surface area contributed by atoms with Gasteiger partial charge in [0.15, 0.2) is 0 Å². The van der Waals surface area contributed by atoms with E-state index in [1.54, 1.807) is 62.9 Å². The number of aliphatic hydroxyl groups excluding tert-OH is 1. The van der Waals surface area contributed by atoms with E-state index in [4.69, 9.17) is 14.5 Å². The number of fused-ring (bicyclic) bond motifs is 2. The highest BCUT2D eigenvalue weighted by molar-refractivity contribution is 8.14. The minimum absolute atomic E-state index is 0.00511. The van der Waals surface area contributed by atoms with Crippen molar-refractivity contribution >= 4 is 46.4 Å². The summed E-state index contributed by atoms with van der Waals surface area (Å²) in [6.45, 7) is 15.5. The summed E-state index contributed by atoms with van der Waals surface area (Å²) in [5.74, 6) is -1.35. The van der Waals surface area contributed by atoms with Gasteiger partial charge in [0.25, 0.3) is 0 Å². The van der Waals surface area contributed by atoms with E-state index in [0.717, 1.165) is 10.6 Å². The highest BCUT2D eigenvalue weighted by Crippen LogP contribution is 2.31. The predicted molar refractivity (Wildman–Crippen MR) is 227 cm³/mol. The van der Waals surface area contributed by atoms with Crippen molar-refractivity contribution in [2.24, 2.45) is 28.7 Å². The van der Waals surface area contributed by atoms with Gasteiger partial charge in [-0.25, -0.2) is 4.79 Å². The van der Waals surface area contributed by atoms with Crippen LogP contribution < -0.4 is 10.1 Å². The maximum atomic E-state index is 14.5. The summed E-state index contributed by atoms with van der Waals surface area (Å²) in [4.78, 5) is 80.1. The number of cyclic esters (lactones) is 1. The molecule has 1 fully saturated rings. The summed E-state index contributed by atoms with van der Waals surface area (Å²) in [5, 5.41) is 15.1. The Balaban J connectivity index is 1.73. The molecule has 3 aliphatic rings. The summed E-state index contributed by atoms with van der Waals surface area (Å²) in [7, 11) is 4.67. The number of carbonyl (C=O) groups excluding carboxylic acids is 5. The second-order valence-electron chi connectivity index (χ2n) is 17.0. The smallest absolute Gasteiger partial charge is 0.329 e. The standard InChI is InChI=1S/C44H67N5O8S/c1-12-27(5)38-43(54)49-19-13-14-35(49)44(55)57-37(25(2)3)21-26(4)20-36(50)29(7)40-45-32(24-58-40)22-28(6)39(51)46-34(23-31-15-17-33(56-11)18-16-31)42(53)47(9)30(8)41(52)48(38)10/h15-18,22,25-27,29-30,32,34-38,50H,12-14,19-21,23-24H2,1-11H3,(H,46,51)/b28-22+/t26?,27-,29-,30?,32-,34?,35?,36-,37-,38?/m0/s1. The molecule has 2 N–H and O–H groups in total. The second-order valence-corrected chi connectivity index (χ2v) is 18.1. The van der Waals surface area contributed by atoms with Gasteiger partial charge in [0.05, 0.1) is 24.3 Å². The summed E-state index contributed by atoms with van der Waals surface area (Å²) in [5.41, 5.74) is 1.17. The van der Waals surface area contributed by atoms with Crippen molar-refractivity contribution in [3.8, 4) is 5.75 Å². The van der Waals surface area contributed by atoms with Crippen molar-refractivity contribution in [3.05, 3.63) is 41.5 Å². The molecule has 5 unspecified atom stereocenters. The highest BCUT2D eigenvalue weighted by atomic mass is 32.2. The lowest BCUT2D eigenvalue weighted by atomic mass is 9.89. The molecule has 3 heterocycles. The van der Waals surface area contributed by atoms with E-state index < -0.39 is 60.1 Å². The Labute approximate surface area is 349 Å². The Hall–Kier alpha value is -3.91. The first-order chi connectivity index (χ1) is 27.4. The number of aliphatic imine (C=N–C) groups is 1. The minimum Gasteiger partial charge on any atom is -0.497 e. The van der Waals surface area contributed by atoms with Crippen molar-refractivity contribution in [3.63, 3.8) is 0 Å². The SMILES string of the molecule is CC[C@H](C)C1C(=O)N2CCCC2C(=O)O[C@H](C(C)C)CC(C)C[C@H](O)[C@H](C)C2=N[C@@H](/C=C(\C)C(=O)NC(Cc3ccc(OC)cc3)C(=O)N(C)C(C)C(=O)N1C)CS2. The molecule has 58 heavy (non-hydrogen) atoms. The summed E-state index contributed by atoms with van der Waals surface area (Å²) in [6.07, 6.45) is 3.52. The molecule has 4 amide bonds. The first-order valence-electron chi connectivity index (χ1n) is 20.9. The van der Waals surface area contributed by atoms with Crippen molar-refractivity contribution in [2.75, 3.05) is 33.5 Å². The molecule has 0 radical (unpaired) electrons. The number of nitrogens with one attached hydrogen (secondary N) is 1. The summed E-state index contributed by atoms with van der Waals surface area (Å²) in [6, 6.07) is 3.22. The molecular formula is C44H67N5O8S. The van der Waals surface area contributed by atoms with Crippen LogP contribution in [0, 0.1) is 23.7 Å². The van der Waals surface area contributed by atoms with Gasteiger partial charge in [0, 0.05) is 44.3 Å². The molecule has 0 aliphatic carbocycles. The average molecular weight is 826 g/mol. The number of ether oxygens (including phenoxy) is 2. The van der Waals surface area contributed by atoms with E-state index in [9.17, 15) is 29.1 Å². The Morgan fingerprint density at radius 1 is 0.983 bits per heavy atom. The summed E-state index contributed by atoms with van der Waals surface area (Å²) < 4.78 is 11.5. The Kier molecular flexibility index (Phi) is 16.8. The topological polar surface area (TPSA) is 158 Å². The Morgan fingerprint density at radius 3 is 2.28 bits per heavy atom. The van der Waals surface area contributed by atoms with Crippen LogP contribution in [0.4, 0.5) is 0 Å². The molecule has 1 aromatic carbocycles. The number of esters is 1. The number of likely N-dealkylation sites (N-methyl/N-ethyl adjacent to an activating group) is 2. The zero-order valence-corrected chi connectivity index (χ0v) is 37.2. The molecule has 0 saturated carbocycles. The van der Waals surface area contributed by atoms with Gasteiger partial charge in [-0.3, -0.25) is 24.2 Å². The van der Waals surface area contributed by atoms with Crippen LogP contribution in [-0.2, 0) is 35.1 Å². The third-order valence-corrected chi connectivity index (χ3v) is 13.5. The van der Waals surface area contributed by atoms with E-state index in [1.807, 2.05) is 53.7 Å². The number of carbonyl (C=O) groups is 5. The van der Waals surface area contributed by atoms with Crippen molar-refractivity contribution in [2.45, 2.75) is 136 Å². The molecule has 1 aromatic rings. The van der Waals surface area contributed by atoms with Crippen LogP contribution in [0.3, 0.4) is 0 Å². The fraction of sp³-hybridized carbons (Fsp3) is 0.682. The molecule has 1 saturated heterocycles. The largest absolute Gasteiger partial charge is 0.497 e. The van der Waals surface area contributed by atoms with Gasteiger partial charge in [-0.1, -0.05) is 66.2 Å².